The van der Waals surface area contributed by atoms with Gasteiger partial charge in [0.2, 0.25) is 5.95 Å². The van der Waals surface area contributed by atoms with Crippen LogP contribution in [0.1, 0.15) is 20.3 Å². The van der Waals surface area contributed by atoms with Crippen LogP contribution in [-0.4, -0.2) is 47.8 Å². The molecular weight excluding hydrogens is 270 g/mol. The standard InChI is InChI=1S/C14H21N5O2/c1-13(2)14(5-9(14)8-21-13)18-12(20)17-10-6-15-11(16-7-10)19(3)4/h6-7,9H,5,8H2,1-4H3,(H2,17,18,20). The average molecular weight is 291 g/mol. The quantitative estimate of drug-likeness (QED) is 0.875. The molecule has 0 radical (unpaired) electrons. The number of urea groups is 1. The molecule has 2 fully saturated rings. The number of rotatable bonds is 3. The number of hydrogen-bond donors (Lipinski definition) is 2. The molecule has 0 bridgehead atoms. The van der Waals surface area contributed by atoms with Gasteiger partial charge in [-0.25, -0.2) is 14.8 Å². The van der Waals surface area contributed by atoms with Crippen LogP contribution in [0.15, 0.2) is 12.4 Å². The van der Waals surface area contributed by atoms with E-state index in [9.17, 15) is 4.79 Å². The first-order valence-electron chi connectivity index (χ1n) is 7.06. The van der Waals surface area contributed by atoms with E-state index < -0.39 is 0 Å². The van der Waals surface area contributed by atoms with Gasteiger partial charge in [0.25, 0.3) is 0 Å². The van der Waals surface area contributed by atoms with E-state index in [4.69, 9.17) is 4.74 Å². The van der Waals surface area contributed by atoms with Gasteiger partial charge in [0.1, 0.15) is 0 Å². The number of hydrogen-bond acceptors (Lipinski definition) is 5. The number of carbonyl (C=O) groups is 1. The summed E-state index contributed by atoms with van der Waals surface area (Å²) in [5, 5.41) is 5.84. The van der Waals surface area contributed by atoms with E-state index >= 15 is 0 Å². The Kier molecular flexibility index (Phi) is 3.05. The van der Waals surface area contributed by atoms with Gasteiger partial charge in [-0.15, -0.1) is 0 Å². The Morgan fingerprint density at radius 2 is 2.05 bits per heavy atom. The van der Waals surface area contributed by atoms with Crippen LogP contribution in [0.3, 0.4) is 0 Å². The number of amides is 2. The molecule has 2 amide bonds. The van der Waals surface area contributed by atoms with Gasteiger partial charge in [0, 0.05) is 20.0 Å². The summed E-state index contributed by atoms with van der Waals surface area (Å²) in [6.45, 7) is 4.76. The maximum atomic E-state index is 12.2. The van der Waals surface area contributed by atoms with E-state index in [1.54, 1.807) is 17.3 Å². The zero-order valence-corrected chi connectivity index (χ0v) is 12.8. The maximum absolute atomic E-state index is 12.2. The Morgan fingerprint density at radius 1 is 1.38 bits per heavy atom. The number of ether oxygens (including phenoxy) is 1. The molecule has 21 heavy (non-hydrogen) atoms. The number of nitrogens with zero attached hydrogens (tertiary/aromatic N) is 3. The van der Waals surface area contributed by atoms with Crippen molar-refractivity contribution in [2.45, 2.75) is 31.4 Å². The lowest BCUT2D eigenvalue weighted by atomic mass is 9.96. The van der Waals surface area contributed by atoms with E-state index in [2.05, 4.69) is 20.6 Å². The lowest BCUT2D eigenvalue weighted by molar-refractivity contribution is -0.00667. The topological polar surface area (TPSA) is 79.4 Å². The molecule has 1 aromatic heterocycles. The van der Waals surface area contributed by atoms with Crippen molar-refractivity contribution in [1.29, 1.82) is 0 Å². The number of aromatic nitrogens is 2. The normalized spacial score (nSPS) is 28.7. The minimum absolute atomic E-state index is 0.235. The molecular formula is C14H21N5O2. The van der Waals surface area contributed by atoms with E-state index in [1.807, 2.05) is 27.9 Å². The minimum atomic E-state index is -0.319. The molecule has 114 valence electrons. The van der Waals surface area contributed by atoms with Crippen LogP contribution in [0.25, 0.3) is 0 Å². The first-order chi connectivity index (χ1) is 9.84. The predicted molar refractivity (Wildman–Crippen MR) is 79.4 cm³/mol. The van der Waals surface area contributed by atoms with Crippen LogP contribution < -0.4 is 15.5 Å². The van der Waals surface area contributed by atoms with Crippen molar-refractivity contribution in [3.05, 3.63) is 12.4 Å². The van der Waals surface area contributed by atoms with Crippen molar-refractivity contribution in [1.82, 2.24) is 15.3 Å². The zero-order chi connectivity index (χ0) is 15.3. The molecule has 1 saturated carbocycles. The first kappa shape index (κ1) is 14.1. The summed E-state index contributed by atoms with van der Waals surface area (Å²) in [7, 11) is 3.73. The Morgan fingerprint density at radius 3 is 2.52 bits per heavy atom. The summed E-state index contributed by atoms with van der Waals surface area (Å²) in [4.78, 5) is 22.3. The number of carbonyl (C=O) groups excluding carboxylic acids is 1. The maximum Gasteiger partial charge on any atom is 0.319 e. The van der Waals surface area contributed by atoms with Crippen molar-refractivity contribution < 1.29 is 9.53 Å². The Hall–Kier alpha value is -1.89. The largest absolute Gasteiger partial charge is 0.373 e. The lowest BCUT2D eigenvalue weighted by Crippen LogP contribution is -2.52. The van der Waals surface area contributed by atoms with Crippen LogP contribution in [0.2, 0.25) is 0 Å². The predicted octanol–water partition coefficient (Wildman–Crippen LogP) is 1.23. The summed E-state index contributed by atoms with van der Waals surface area (Å²) in [6.07, 6.45) is 4.17. The summed E-state index contributed by atoms with van der Waals surface area (Å²) in [5.74, 6) is 1.03. The third kappa shape index (κ3) is 2.31. The van der Waals surface area contributed by atoms with Gasteiger partial charge in [0.05, 0.1) is 35.8 Å². The molecule has 1 saturated heterocycles. The molecule has 2 atom stereocenters. The van der Waals surface area contributed by atoms with Gasteiger partial charge in [-0.3, -0.25) is 0 Å². The van der Waals surface area contributed by atoms with Crippen molar-refractivity contribution in [3.63, 3.8) is 0 Å². The van der Waals surface area contributed by atoms with Gasteiger partial charge in [-0.1, -0.05) is 0 Å². The number of nitrogens with one attached hydrogen (secondary N) is 2. The molecule has 7 heteroatoms. The van der Waals surface area contributed by atoms with Gasteiger partial charge in [-0.2, -0.15) is 0 Å². The molecule has 0 aromatic carbocycles. The fraction of sp³-hybridized carbons (Fsp3) is 0.643. The molecule has 2 heterocycles. The van der Waals surface area contributed by atoms with E-state index in [1.165, 1.54) is 0 Å². The molecule has 1 aromatic rings. The SMILES string of the molecule is CN(C)c1ncc(NC(=O)NC23CC2COC3(C)C)cn1. The van der Waals surface area contributed by atoms with Crippen LogP contribution in [-0.2, 0) is 4.74 Å². The molecule has 3 rings (SSSR count). The highest BCUT2D eigenvalue weighted by Crippen LogP contribution is 2.57. The highest BCUT2D eigenvalue weighted by molar-refractivity contribution is 5.90. The average Bonchev–Trinajstić information content (AvgIpc) is 3.06. The molecule has 2 aliphatic rings. The van der Waals surface area contributed by atoms with Crippen molar-refractivity contribution in [2.24, 2.45) is 5.92 Å². The summed E-state index contributed by atoms with van der Waals surface area (Å²) < 4.78 is 5.73. The van der Waals surface area contributed by atoms with Crippen molar-refractivity contribution >= 4 is 17.7 Å². The number of anilines is 2. The van der Waals surface area contributed by atoms with Crippen LogP contribution >= 0.6 is 0 Å². The molecule has 1 aliphatic heterocycles. The molecule has 1 aliphatic carbocycles. The summed E-state index contributed by atoms with van der Waals surface area (Å²) in [6, 6.07) is -0.239. The summed E-state index contributed by atoms with van der Waals surface area (Å²) in [5.41, 5.74) is 0.0188. The zero-order valence-electron chi connectivity index (χ0n) is 12.8. The third-order valence-corrected chi connectivity index (χ3v) is 4.46. The van der Waals surface area contributed by atoms with Crippen LogP contribution in [0.4, 0.5) is 16.4 Å². The smallest absolute Gasteiger partial charge is 0.319 e. The second kappa shape index (κ2) is 4.56. The van der Waals surface area contributed by atoms with Gasteiger partial charge < -0.3 is 20.3 Å². The number of fused-ring (bicyclic) bond motifs is 1. The highest BCUT2D eigenvalue weighted by atomic mass is 16.5. The fourth-order valence-electron chi connectivity index (χ4n) is 2.99. The van der Waals surface area contributed by atoms with Crippen LogP contribution in [0, 0.1) is 5.92 Å². The second-order valence-electron chi connectivity index (χ2n) is 6.44. The lowest BCUT2D eigenvalue weighted by Gasteiger charge is -2.31. The van der Waals surface area contributed by atoms with Crippen molar-refractivity contribution in [3.8, 4) is 0 Å². The van der Waals surface area contributed by atoms with Crippen LogP contribution in [0.5, 0.6) is 0 Å². The molecule has 0 spiro atoms. The third-order valence-electron chi connectivity index (χ3n) is 4.46. The monoisotopic (exact) mass is 291 g/mol. The van der Waals surface area contributed by atoms with Crippen molar-refractivity contribution in [2.75, 3.05) is 30.9 Å². The Balaban J connectivity index is 1.62. The molecule has 7 nitrogen and oxygen atoms in total. The Labute approximate surface area is 124 Å². The Bertz CT molecular complexity index is 557. The minimum Gasteiger partial charge on any atom is -0.373 e. The fourth-order valence-corrected chi connectivity index (χ4v) is 2.99. The molecule has 2 unspecified atom stereocenters. The van der Waals surface area contributed by atoms with Gasteiger partial charge in [0.15, 0.2) is 0 Å². The van der Waals surface area contributed by atoms with Gasteiger partial charge >= 0.3 is 6.03 Å². The first-order valence-corrected chi connectivity index (χ1v) is 7.06. The highest BCUT2D eigenvalue weighted by Gasteiger charge is 2.69. The van der Waals surface area contributed by atoms with E-state index in [0.717, 1.165) is 6.42 Å². The second-order valence-corrected chi connectivity index (χ2v) is 6.44. The molecule has 2 N–H and O–H groups in total. The van der Waals surface area contributed by atoms with E-state index in [-0.39, 0.29) is 17.2 Å². The van der Waals surface area contributed by atoms with E-state index in [0.29, 0.717) is 24.2 Å². The summed E-state index contributed by atoms with van der Waals surface area (Å²) >= 11 is 0. The van der Waals surface area contributed by atoms with Gasteiger partial charge in [-0.05, 0) is 20.3 Å².